The molecule has 2 unspecified atom stereocenters. The highest BCUT2D eigenvalue weighted by atomic mass is 16.2. The van der Waals surface area contributed by atoms with E-state index in [9.17, 15) is 4.79 Å². The van der Waals surface area contributed by atoms with Crippen LogP contribution in [0.4, 0.5) is 0 Å². The van der Waals surface area contributed by atoms with Crippen molar-refractivity contribution in [1.29, 1.82) is 0 Å². The lowest BCUT2D eigenvalue weighted by Crippen LogP contribution is -2.42. The molecule has 0 radical (unpaired) electrons. The van der Waals surface area contributed by atoms with Gasteiger partial charge < -0.3 is 10.6 Å². The highest BCUT2D eigenvalue weighted by Crippen LogP contribution is 2.25. The number of aromatic nitrogens is 2. The fraction of sp³-hybridized carbons (Fsp3) is 0.692. The van der Waals surface area contributed by atoms with E-state index in [4.69, 9.17) is 5.73 Å². The first-order valence-corrected chi connectivity index (χ1v) is 6.62. The molecule has 2 heterocycles. The van der Waals surface area contributed by atoms with Gasteiger partial charge in [0.05, 0.1) is 11.3 Å². The van der Waals surface area contributed by atoms with Crippen molar-refractivity contribution in [1.82, 2.24) is 14.7 Å². The van der Waals surface area contributed by atoms with E-state index in [0.29, 0.717) is 12.5 Å². The van der Waals surface area contributed by atoms with Crippen molar-refractivity contribution >= 4 is 5.91 Å². The molecule has 18 heavy (non-hydrogen) atoms. The van der Waals surface area contributed by atoms with Crippen molar-refractivity contribution in [3.63, 3.8) is 0 Å². The Morgan fingerprint density at radius 2 is 2.33 bits per heavy atom. The summed E-state index contributed by atoms with van der Waals surface area (Å²) in [5, 5.41) is 4.33. The number of hydrogen-bond acceptors (Lipinski definition) is 3. The minimum atomic E-state index is 0.0831. The monoisotopic (exact) mass is 250 g/mol. The summed E-state index contributed by atoms with van der Waals surface area (Å²) in [5.74, 6) is 0.570. The van der Waals surface area contributed by atoms with Crippen LogP contribution in [0.3, 0.4) is 0 Å². The molecule has 1 aromatic heterocycles. The summed E-state index contributed by atoms with van der Waals surface area (Å²) in [6.07, 6.45) is 3.63. The van der Waals surface area contributed by atoms with Crippen LogP contribution in [0.1, 0.15) is 36.3 Å². The highest BCUT2D eigenvalue weighted by molar-refractivity contribution is 5.95. The van der Waals surface area contributed by atoms with Crippen LogP contribution >= 0.6 is 0 Å². The summed E-state index contributed by atoms with van der Waals surface area (Å²) >= 11 is 0. The van der Waals surface area contributed by atoms with Gasteiger partial charge in [-0.3, -0.25) is 9.48 Å². The molecule has 0 saturated carbocycles. The van der Waals surface area contributed by atoms with Crippen molar-refractivity contribution in [2.75, 3.05) is 13.1 Å². The predicted molar refractivity (Wildman–Crippen MR) is 70.2 cm³/mol. The molecule has 0 spiro atoms. The van der Waals surface area contributed by atoms with Crippen molar-refractivity contribution in [3.8, 4) is 0 Å². The number of carbonyl (C=O) groups excluding carboxylic acids is 1. The Morgan fingerprint density at radius 1 is 1.61 bits per heavy atom. The van der Waals surface area contributed by atoms with Gasteiger partial charge >= 0.3 is 0 Å². The quantitative estimate of drug-likeness (QED) is 0.862. The van der Waals surface area contributed by atoms with Gasteiger partial charge in [0.15, 0.2) is 0 Å². The zero-order valence-electron chi connectivity index (χ0n) is 11.4. The van der Waals surface area contributed by atoms with Crippen molar-refractivity contribution in [2.45, 2.75) is 32.7 Å². The van der Waals surface area contributed by atoms with Crippen LogP contribution in [0, 0.1) is 5.92 Å². The van der Waals surface area contributed by atoms with Crippen LogP contribution in [0.15, 0.2) is 6.20 Å². The third-order valence-corrected chi connectivity index (χ3v) is 3.86. The zero-order chi connectivity index (χ0) is 13.3. The number of carbonyl (C=O) groups is 1. The summed E-state index contributed by atoms with van der Waals surface area (Å²) in [5.41, 5.74) is 7.39. The Bertz CT molecular complexity index is 440. The molecule has 5 nitrogen and oxygen atoms in total. The molecule has 5 heteroatoms. The van der Waals surface area contributed by atoms with Gasteiger partial charge in [0.25, 0.3) is 5.91 Å². The maximum Gasteiger partial charge on any atom is 0.257 e. The van der Waals surface area contributed by atoms with Crippen molar-refractivity contribution in [2.24, 2.45) is 18.7 Å². The minimum Gasteiger partial charge on any atom is -0.334 e. The van der Waals surface area contributed by atoms with Gasteiger partial charge in [0.1, 0.15) is 0 Å². The summed E-state index contributed by atoms with van der Waals surface area (Å²) in [6.45, 7) is 5.52. The number of rotatable bonds is 3. The van der Waals surface area contributed by atoms with E-state index >= 15 is 0 Å². The SMILES string of the molecule is CCc1nn(C)cc1C(=O)N1CCC(C)C1CN. The number of nitrogens with two attached hydrogens (primary N) is 1. The van der Waals surface area contributed by atoms with E-state index < -0.39 is 0 Å². The van der Waals surface area contributed by atoms with E-state index in [-0.39, 0.29) is 11.9 Å². The number of aryl methyl sites for hydroxylation is 2. The number of amides is 1. The number of nitrogens with zero attached hydrogens (tertiary/aromatic N) is 3. The Hall–Kier alpha value is -1.36. The van der Waals surface area contributed by atoms with Crippen LogP contribution < -0.4 is 5.73 Å². The van der Waals surface area contributed by atoms with Gasteiger partial charge in [-0.2, -0.15) is 5.10 Å². The fourth-order valence-corrected chi connectivity index (χ4v) is 2.75. The van der Waals surface area contributed by atoms with Crippen LogP contribution in [-0.2, 0) is 13.5 Å². The van der Waals surface area contributed by atoms with Crippen LogP contribution in [0.2, 0.25) is 0 Å². The molecule has 1 aliphatic heterocycles. The molecule has 1 aromatic rings. The van der Waals surface area contributed by atoms with E-state index in [1.807, 2.05) is 25.1 Å². The lowest BCUT2D eigenvalue weighted by Gasteiger charge is -2.25. The Kier molecular flexibility index (Phi) is 3.71. The molecule has 2 N–H and O–H groups in total. The van der Waals surface area contributed by atoms with E-state index in [1.54, 1.807) is 4.68 Å². The molecule has 0 aliphatic carbocycles. The molecular formula is C13H22N4O. The van der Waals surface area contributed by atoms with Gasteiger partial charge in [-0.15, -0.1) is 0 Å². The van der Waals surface area contributed by atoms with E-state index in [0.717, 1.165) is 30.6 Å². The maximum absolute atomic E-state index is 12.6. The topological polar surface area (TPSA) is 64.2 Å². The van der Waals surface area contributed by atoms with Gasteiger partial charge in [0.2, 0.25) is 0 Å². The van der Waals surface area contributed by atoms with Crippen molar-refractivity contribution in [3.05, 3.63) is 17.5 Å². The molecular weight excluding hydrogens is 228 g/mol. The summed E-state index contributed by atoms with van der Waals surface area (Å²) in [7, 11) is 1.85. The Labute approximate surface area is 108 Å². The second-order valence-corrected chi connectivity index (χ2v) is 5.08. The first-order chi connectivity index (χ1) is 8.58. The van der Waals surface area contributed by atoms with E-state index in [2.05, 4.69) is 12.0 Å². The normalized spacial score (nSPS) is 23.7. The van der Waals surface area contributed by atoms with Crippen LogP contribution in [0.25, 0.3) is 0 Å². The van der Waals surface area contributed by atoms with E-state index in [1.165, 1.54) is 0 Å². The third kappa shape index (κ3) is 2.14. The van der Waals surface area contributed by atoms with Gasteiger partial charge in [-0.1, -0.05) is 13.8 Å². The largest absolute Gasteiger partial charge is 0.334 e. The molecule has 2 rings (SSSR count). The summed E-state index contributed by atoms with van der Waals surface area (Å²) < 4.78 is 1.71. The minimum absolute atomic E-state index is 0.0831. The standard InChI is InChI=1S/C13H22N4O/c1-4-11-10(8-16(3)15-11)13(18)17-6-5-9(2)12(17)7-14/h8-9,12H,4-7,14H2,1-3H3. The second-order valence-electron chi connectivity index (χ2n) is 5.08. The molecule has 1 fully saturated rings. The molecule has 100 valence electrons. The highest BCUT2D eigenvalue weighted by Gasteiger charge is 2.34. The zero-order valence-corrected chi connectivity index (χ0v) is 11.4. The Morgan fingerprint density at radius 3 is 2.94 bits per heavy atom. The maximum atomic E-state index is 12.6. The Balaban J connectivity index is 2.25. The number of hydrogen-bond donors (Lipinski definition) is 1. The fourth-order valence-electron chi connectivity index (χ4n) is 2.75. The molecule has 1 saturated heterocycles. The van der Waals surface area contributed by atoms with Gasteiger partial charge in [0, 0.05) is 32.4 Å². The third-order valence-electron chi connectivity index (χ3n) is 3.86. The first kappa shape index (κ1) is 13.1. The summed E-state index contributed by atoms with van der Waals surface area (Å²) in [4.78, 5) is 14.5. The lowest BCUT2D eigenvalue weighted by molar-refractivity contribution is 0.0726. The molecule has 1 amide bonds. The first-order valence-electron chi connectivity index (χ1n) is 6.62. The molecule has 0 bridgehead atoms. The molecule has 0 aromatic carbocycles. The van der Waals surface area contributed by atoms with Crippen LogP contribution in [0.5, 0.6) is 0 Å². The predicted octanol–water partition coefficient (Wildman–Crippen LogP) is 0.792. The average Bonchev–Trinajstić information content (AvgIpc) is 2.91. The number of likely N-dealkylation sites (tertiary alicyclic amines) is 1. The van der Waals surface area contributed by atoms with Crippen molar-refractivity contribution < 1.29 is 4.79 Å². The smallest absolute Gasteiger partial charge is 0.257 e. The van der Waals surface area contributed by atoms with Gasteiger partial charge in [-0.05, 0) is 18.8 Å². The van der Waals surface area contributed by atoms with Crippen LogP contribution in [-0.4, -0.2) is 39.7 Å². The lowest BCUT2D eigenvalue weighted by atomic mass is 10.0. The average molecular weight is 250 g/mol. The van der Waals surface area contributed by atoms with Gasteiger partial charge in [-0.25, -0.2) is 0 Å². The molecule has 1 aliphatic rings. The summed E-state index contributed by atoms with van der Waals surface area (Å²) in [6, 6.07) is 0.169. The second kappa shape index (κ2) is 5.10. The molecule has 2 atom stereocenters.